The summed E-state index contributed by atoms with van der Waals surface area (Å²) in [5, 5.41) is 0. The minimum Gasteiger partial charge on any atom is -1.00 e. The molecule has 18 heavy (non-hydrogen) atoms. The molecule has 2 heteroatoms. The minimum absolute atomic E-state index is 0. The fourth-order valence-corrected chi connectivity index (χ4v) is 2.25. The van der Waals surface area contributed by atoms with Crippen molar-refractivity contribution in [3.8, 4) is 0 Å². The summed E-state index contributed by atoms with van der Waals surface area (Å²) in [6.45, 7) is 3.62. The fourth-order valence-electron chi connectivity index (χ4n) is 2.25. The second kappa shape index (κ2) is 13.7. The zero-order chi connectivity index (χ0) is 13.0. The van der Waals surface area contributed by atoms with E-state index in [1.165, 1.54) is 77.2 Å². The van der Waals surface area contributed by atoms with Crippen LogP contribution in [0.2, 0.25) is 0 Å². The molecular weight excluding hydrogens is 242 g/mol. The van der Waals surface area contributed by atoms with Crippen molar-refractivity contribution in [1.82, 2.24) is 0 Å². The van der Waals surface area contributed by atoms with Crippen LogP contribution in [0.4, 0.5) is 0 Å². The van der Waals surface area contributed by atoms with Gasteiger partial charge in [-0.2, -0.15) is 0 Å². The summed E-state index contributed by atoms with van der Waals surface area (Å²) >= 11 is 0. The molecule has 0 radical (unpaired) electrons. The zero-order valence-corrected chi connectivity index (χ0v) is 14.1. The van der Waals surface area contributed by atoms with E-state index >= 15 is 0 Å². The van der Waals surface area contributed by atoms with Crippen LogP contribution in [0.5, 0.6) is 0 Å². The van der Waals surface area contributed by atoms with Crippen molar-refractivity contribution in [2.45, 2.75) is 77.6 Å². The molecule has 0 aromatic carbocycles. The smallest absolute Gasteiger partial charge is 0.0780 e. The third kappa shape index (κ3) is 18.6. The van der Waals surface area contributed by atoms with Crippen molar-refractivity contribution < 1.29 is 16.9 Å². The van der Waals surface area contributed by atoms with Crippen LogP contribution in [0.3, 0.4) is 0 Å². The average molecular weight is 278 g/mol. The Labute approximate surface area is 122 Å². The SMILES string of the molecule is CCCCCCCCCCCCC[N+](C)(C)C.[Cl-]. The molecule has 0 saturated heterocycles. The first-order valence-electron chi connectivity index (χ1n) is 7.86. The number of unbranched alkanes of at least 4 members (excludes halogenated alkanes) is 10. The van der Waals surface area contributed by atoms with Crippen LogP contribution in [0.25, 0.3) is 0 Å². The van der Waals surface area contributed by atoms with Crippen molar-refractivity contribution >= 4 is 0 Å². The van der Waals surface area contributed by atoms with Gasteiger partial charge in [0.15, 0.2) is 0 Å². The lowest BCUT2D eigenvalue weighted by Gasteiger charge is -2.23. The fraction of sp³-hybridized carbons (Fsp3) is 1.00. The van der Waals surface area contributed by atoms with E-state index in [-0.39, 0.29) is 12.4 Å². The predicted octanol–water partition coefficient (Wildman–Crippen LogP) is 2.01. The molecule has 0 rings (SSSR count). The van der Waals surface area contributed by atoms with Crippen LogP contribution in [0.15, 0.2) is 0 Å². The molecule has 0 aliphatic carbocycles. The van der Waals surface area contributed by atoms with E-state index in [0.717, 1.165) is 4.48 Å². The Hall–Kier alpha value is 0.250. The lowest BCUT2D eigenvalue weighted by atomic mass is 10.1. The van der Waals surface area contributed by atoms with Gasteiger partial charge in [-0.05, 0) is 12.8 Å². The quantitative estimate of drug-likeness (QED) is 0.378. The van der Waals surface area contributed by atoms with E-state index in [4.69, 9.17) is 0 Å². The summed E-state index contributed by atoms with van der Waals surface area (Å²) in [5.74, 6) is 0. The molecule has 0 fully saturated rings. The number of halogens is 1. The van der Waals surface area contributed by atoms with Crippen LogP contribution in [0.1, 0.15) is 77.6 Å². The molecule has 0 aromatic rings. The maximum Gasteiger partial charge on any atom is 0.0780 e. The first kappa shape index (κ1) is 20.6. The largest absolute Gasteiger partial charge is 1.00 e. The van der Waals surface area contributed by atoms with Crippen LogP contribution in [-0.2, 0) is 0 Å². The monoisotopic (exact) mass is 277 g/mol. The highest BCUT2D eigenvalue weighted by Gasteiger charge is 2.04. The van der Waals surface area contributed by atoms with Gasteiger partial charge in [0.25, 0.3) is 0 Å². The minimum atomic E-state index is 0. The maximum absolute atomic E-state index is 2.29. The Kier molecular flexibility index (Phi) is 15.6. The molecule has 0 aliphatic rings. The van der Waals surface area contributed by atoms with Gasteiger partial charge in [0.2, 0.25) is 0 Å². The van der Waals surface area contributed by atoms with Crippen LogP contribution in [0, 0.1) is 0 Å². The molecule has 0 spiro atoms. The van der Waals surface area contributed by atoms with Crippen LogP contribution in [-0.4, -0.2) is 32.2 Å². The van der Waals surface area contributed by atoms with Crippen molar-refractivity contribution in [3.63, 3.8) is 0 Å². The topological polar surface area (TPSA) is 0 Å². The lowest BCUT2D eigenvalue weighted by Crippen LogP contribution is -3.00. The lowest BCUT2D eigenvalue weighted by molar-refractivity contribution is -0.870. The van der Waals surface area contributed by atoms with Gasteiger partial charge < -0.3 is 16.9 Å². The van der Waals surface area contributed by atoms with E-state index in [1.54, 1.807) is 0 Å². The van der Waals surface area contributed by atoms with Gasteiger partial charge in [0.1, 0.15) is 0 Å². The van der Waals surface area contributed by atoms with Crippen molar-refractivity contribution in [1.29, 1.82) is 0 Å². The Balaban J connectivity index is 0. The van der Waals surface area contributed by atoms with E-state index in [0.29, 0.717) is 0 Å². The Morgan fingerprint density at radius 3 is 1.22 bits per heavy atom. The number of rotatable bonds is 12. The molecule has 0 saturated carbocycles. The molecular formula is C16H36ClN. The van der Waals surface area contributed by atoms with Gasteiger partial charge in [-0.3, -0.25) is 0 Å². The first-order valence-corrected chi connectivity index (χ1v) is 7.86. The summed E-state index contributed by atoms with van der Waals surface area (Å²) in [7, 11) is 6.86. The predicted molar refractivity (Wildman–Crippen MR) is 79.4 cm³/mol. The molecule has 0 heterocycles. The van der Waals surface area contributed by atoms with Crippen molar-refractivity contribution in [2.24, 2.45) is 0 Å². The van der Waals surface area contributed by atoms with E-state index < -0.39 is 0 Å². The van der Waals surface area contributed by atoms with Gasteiger partial charge in [-0.1, -0.05) is 64.7 Å². The van der Waals surface area contributed by atoms with Crippen LogP contribution < -0.4 is 12.4 Å². The van der Waals surface area contributed by atoms with Gasteiger partial charge in [0.05, 0.1) is 27.7 Å². The molecule has 1 nitrogen and oxygen atoms in total. The van der Waals surface area contributed by atoms with E-state index in [1.807, 2.05) is 0 Å². The third-order valence-electron chi connectivity index (χ3n) is 3.43. The summed E-state index contributed by atoms with van der Waals surface area (Å²) in [6, 6.07) is 0. The number of hydrogen-bond donors (Lipinski definition) is 0. The molecule has 0 aromatic heterocycles. The molecule has 0 unspecified atom stereocenters. The van der Waals surface area contributed by atoms with Gasteiger partial charge in [-0.15, -0.1) is 0 Å². The summed E-state index contributed by atoms with van der Waals surface area (Å²) < 4.78 is 1.12. The summed E-state index contributed by atoms with van der Waals surface area (Å²) in [6.07, 6.45) is 15.9. The van der Waals surface area contributed by atoms with Gasteiger partial charge in [-0.25, -0.2) is 0 Å². The van der Waals surface area contributed by atoms with Gasteiger partial charge in [0, 0.05) is 0 Å². The number of hydrogen-bond acceptors (Lipinski definition) is 0. The highest BCUT2D eigenvalue weighted by atomic mass is 35.5. The maximum atomic E-state index is 2.29. The summed E-state index contributed by atoms with van der Waals surface area (Å²) in [5.41, 5.74) is 0. The molecule has 112 valence electrons. The molecule has 0 amide bonds. The van der Waals surface area contributed by atoms with E-state index in [9.17, 15) is 0 Å². The molecule has 0 atom stereocenters. The second-order valence-electron chi connectivity index (χ2n) is 6.55. The molecule has 0 N–H and O–H groups in total. The Morgan fingerprint density at radius 1 is 0.556 bits per heavy atom. The highest BCUT2D eigenvalue weighted by Crippen LogP contribution is 2.11. The first-order chi connectivity index (χ1) is 8.06. The third-order valence-corrected chi connectivity index (χ3v) is 3.43. The Morgan fingerprint density at radius 2 is 0.889 bits per heavy atom. The highest BCUT2D eigenvalue weighted by molar-refractivity contribution is 4.47. The molecule has 0 aliphatic heterocycles. The zero-order valence-electron chi connectivity index (χ0n) is 13.3. The van der Waals surface area contributed by atoms with Crippen molar-refractivity contribution in [3.05, 3.63) is 0 Å². The van der Waals surface area contributed by atoms with Crippen LogP contribution >= 0.6 is 0 Å². The standard InChI is InChI=1S/C16H36N.ClH/c1-5-6-7-8-9-10-11-12-13-14-15-16-17(2,3)4;/h5-16H2,1-4H3;1H/q+1;/p-1. The second-order valence-corrected chi connectivity index (χ2v) is 6.55. The van der Waals surface area contributed by atoms with Gasteiger partial charge >= 0.3 is 0 Å². The number of quaternary nitrogens is 1. The average Bonchev–Trinajstić information content (AvgIpc) is 2.24. The number of nitrogens with zero attached hydrogens (tertiary/aromatic N) is 1. The molecule has 0 bridgehead atoms. The summed E-state index contributed by atoms with van der Waals surface area (Å²) in [4.78, 5) is 0. The normalized spacial score (nSPS) is 11.3. The van der Waals surface area contributed by atoms with Crippen molar-refractivity contribution in [2.75, 3.05) is 27.7 Å². The Bertz CT molecular complexity index is 152. The van der Waals surface area contributed by atoms with E-state index in [2.05, 4.69) is 28.1 Å².